The van der Waals surface area contributed by atoms with E-state index in [1.807, 2.05) is 0 Å². The molecule has 2 heteroatoms. The second-order valence-corrected chi connectivity index (χ2v) is 4.07. The average molecular weight is 180 g/mol. The smallest absolute Gasteiger partial charge is 0.331 e. The first-order chi connectivity index (χ1) is 6.31. The van der Waals surface area contributed by atoms with Crippen molar-refractivity contribution in [3.05, 3.63) is 11.6 Å². The van der Waals surface area contributed by atoms with Gasteiger partial charge in [0.05, 0.1) is 0 Å². The van der Waals surface area contributed by atoms with Gasteiger partial charge in [0.15, 0.2) is 0 Å². The van der Waals surface area contributed by atoms with Gasteiger partial charge >= 0.3 is 5.97 Å². The topological polar surface area (TPSA) is 26.3 Å². The van der Waals surface area contributed by atoms with E-state index in [1.165, 1.54) is 31.3 Å². The van der Waals surface area contributed by atoms with Crippen LogP contribution in [0, 0.1) is 11.8 Å². The summed E-state index contributed by atoms with van der Waals surface area (Å²) < 4.78 is 4.89. The Morgan fingerprint density at radius 1 is 1.62 bits per heavy atom. The first-order valence-electron chi connectivity index (χ1n) is 5.18. The summed E-state index contributed by atoms with van der Waals surface area (Å²) in [6, 6.07) is 0. The molecule has 0 N–H and O–H groups in total. The van der Waals surface area contributed by atoms with E-state index in [2.05, 4.69) is 6.92 Å². The zero-order valence-electron chi connectivity index (χ0n) is 8.08. The number of rotatable bonds is 4. The molecule has 0 unspecified atom stereocenters. The van der Waals surface area contributed by atoms with Crippen molar-refractivity contribution in [2.75, 3.05) is 6.61 Å². The highest BCUT2D eigenvalue weighted by Crippen LogP contribution is 2.48. The number of cyclic esters (lactones) is 1. The molecule has 0 amide bonds. The third-order valence-electron chi connectivity index (χ3n) is 3.01. The Morgan fingerprint density at radius 3 is 3.08 bits per heavy atom. The Morgan fingerprint density at radius 2 is 2.46 bits per heavy atom. The Kier molecular flexibility index (Phi) is 2.38. The van der Waals surface area contributed by atoms with Gasteiger partial charge in [-0.05, 0) is 30.3 Å². The SMILES string of the molecule is CCCC[C@@H]1C[C@H]1C1=CC(=O)OC1. The van der Waals surface area contributed by atoms with Gasteiger partial charge in [0.25, 0.3) is 0 Å². The van der Waals surface area contributed by atoms with Crippen molar-refractivity contribution in [2.24, 2.45) is 11.8 Å². The zero-order valence-corrected chi connectivity index (χ0v) is 8.08. The molecule has 1 heterocycles. The normalized spacial score (nSPS) is 31.5. The molecule has 1 aliphatic heterocycles. The molecule has 2 nitrogen and oxygen atoms in total. The van der Waals surface area contributed by atoms with Crippen molar-refractivity contribution in [1.82, 2.24) is 0 Å². The molecule has 2 atom stereocenters. The van der Waals surface area contributed by atoms with Crippen molar-refractivity contribution in [3.63, 3.8) is 0 Å². The van der Waals surface area contributed by atoms with Crippen LogP contribution >= 0.6 is 0 Å². The van der Waals surface area contributed by atoms with E-state index in [0.29, 0.717) is 12.5 Å². The van der Waals surface area contributed by atoms with Crippen LogP contribution in [0.2, 0.25) is 0 Å². The zero-order chi connectivity index (χ0) is 9.26. The van der Waals surface area contributed by atoms with Crippen molar-refractivity contribution in [2.45, 2.75) is 32.6 Å². The standard InChI is InChI=1S/C11H16O2/c1-2-3-4-8-5-10(8)9-6-11(12)13-7-9/h6,8,10H,2-5,7H2,1H3/t8-,10-/m1/s1. The first-order valence-corrected chi connectivity index (χ1v) is 5.18. The van der Waals surface area contributed by atoms with Gasteiger partial charge in [-0.1, -0.05) is 19.8 Å². The van der Waals surface area contributed by atoms with Crippen LogP contribution in [-0.2, 0) is 9.53 Å². The van der Waals surface area contributed by atoms with E-state index in [-0.39, 0.29) is 5.97 Å². The summed E-state index contributed by atoms with van der Waals surface area (Å²) in [5, 5.41) is 0. The van der Waals surface area contributed by atoms with Gasteiger partial charge in [-0.25, -0.2) is 4.79 Å². The molecule has 0 radical (unpaired) electrons. The summed E-state index contributed by atoms with van der Waals surface area (Å²) in [5.41, 5.74) is 1.24. The number of hydrogen-bond donors (Lipinski definition) is 0. The Labute approximate surface area is 79.0 Å². The molecule has 1 aliphatic carbocycles. The van der Waals surface area contributed by atoms with E-state index in [0.717, 1.165) is 5.92 Å². The molecule has 1 fully saturated rings. The molecule has 2 rings (SSSR count). The predicted molar refractivity (Wildman–Crippen MR) is 50.2 cm³/mol. The lowest BCUT2D eigenvalue weighted by molar-refractivity contribution is -0.134. The lowest BCUT2D eigenvalue weighted by Crippen LogP contribution is -1.93. The van der Waals surface area contributed by atoms with E-state index in [4.69, 9.17) is 4.74 Å². The molecule has 2 aliphatic rings. The summed E-state index contributed by atoms with van der Waals surface area (Å²) in [4.78, 5) is 10.8. The van der Waals surface area contributed by atoms with Crippen molar-refractivity contribution >= 4 is 5.97 Å². The quantitative estimate of drug-likeness (QED) is 0.620. The average Bonchev–Trinajstić information content (AvgIpc) is 2.78. The minimum absolute atomic E-state index is 0.142. The third-order valence-corrected chi connectivity index (χ3v) is 3.01. The molecule has 72 valence electrons. The maximum atomic E-state index is 10.8. The van der Waals surface area contributed by atoms with Gasteiger partial charge in [-0.2, -0.15) is 0 Å². The van der Waals surface area contributed by atoms with Crippen LogP contribution in [0.1, 0.15) is 32.6 Å². The molecule has 0 spiro atoms. The Bertz CT molecular complexity index is 242. The van der Waals surface area contributed by atoms with Gasteiger partial charge in [-0.15, -0.1) is 0 Å². The molecule has 0 saturated heterocycles. The molecule has 0 aromatic carbocycles. The van der Waals surface area contributed by atoms with Crippen molar-refractivity contribution in [1.29, 1.82) is 0 Å². The maximum Gasteiger partial charge on any atom is 0.331 e. The fourth-order valence-electron chi connectivity index (χ4n) is 2.09. The van der Waals surface area contributed by atoms with Gasteiger partial charge < -0.3 is 4.74 Å². The van der Waals surface area contributed by atoms with Gasteiger partial charge in [0, 0.05) is 6.08 Å². The highest BCUT2D eigenvalue weighted by atomic mass is 16.5. The molecule has 0 aromatic heterocycles. The van der Waals surface area contributed by atoms with Crippen LogP contribution in [0.25, 0.3) is 0 Å². The lowest BCUT2D eigenvalue weighted by atomic mass is 10.1. The fourth-order valence-corrected chi connectivity index (χ4v) is 2.09. The van der Waals surface area contributed by atoms with Crippen LogP contribution in [-0.4, -0.2) is 12.6 Å². The van der Waals surface area contributed by atoms with Crippen LogP contribution in [0.3, 0.4) is 0 Å². The summed E-state index contributed by atoms with van der Waals surface area (Å²) in [5.74, 6) is 1.38. The Hall–Kier alpha value is -0.790. The largest absolute Gasteiger partial charge is 0.458 e. The van der Waals surface area contributed by atoms with Crippen molar-refractivity contribution < 1.29 is 9.53 Å². The van der Waals surface area contributed by atoms with Gasteiger partial charge in [-0.3, -0.25) is 0 Å². The summed E-state index contributed by atoms with van der Waals surface area (Å²) in [6.07, 6.45) is 6.90. The minimum Gasteiger partial charge on any atom is -0.458 e. The van der Waals surface area contributed by atoms with Crippen LogP contribution in [0.15, 0.2) is 11.6 Å². The van der Waals surface area contributed by atoms with Crippen LogP contribution in [0.5, 0.6) is 0 Å². The molecule has 0 bridgehead atoms. The van der Waals surface area contributed by atoms with Gasteiger partial charge in [0.1, 0.15) is 6.61 Å². The molecule has 13 heavy (non-hydrogen) atoms. The highest BCUT2D eigenvalue weighted by Gasteiger charge is 2.40. The number of carbonyl (C=O) groups excluding carboxylic acids is 1. The molecule has 0 aromatic rings. The predicted octanol–water partition coefficient (Wildman–Crippen LogP) is 2.30. The monoisotopic (exact) mass is 180 g/mol. The maximum absolute atomic E-state index is 10.8. The summed E-state index contributed by atoms with van der Waals surface area (Å²) >= 11 is 0. The van der Waals surface area contributed by atoms with Crippen LogP contribution in [0.4, 0.5) is 0 Å². The number of esters is 1. The van der Waals surface area contributed by atoms with E-state index in [9.17, 15) is 4.79 Å². The number of carbonyl (C=O) groups is 1. The lowest BCUT2D eigenvalue weighted by Gasteiger charge is -1.98. The summed E-state index contributed by atoms with van der Waals surface area (Å²) in [7, 11) is 0. The molecular weight excluding hydrogens is 164 g/mol. The molecular formula is C11H16O2. The second-order valence-electron chi connectivity index (χ2n) is 4.07. The fraction of sp³-hybridized carbons (Fsp3) is 0.727. The number of ether oxygens (including phenoxy) is 1. The van der Waals surface area contributed by atoms with Crippen LogP contribution < -0.4 is 0 Å². The highest BCUT2D eigenvalue weighted by molar-refractivity contribution is 5.85. The first kappa shape index (κ1) is 8.79. The number of unbranched alkanes of at least 4 members (excludes halogenated alkanes) is 1. The number of hydrogen-bond acceptors (Lipinski definition) is 2. The van der Waals surface area contributed by atoms with E-state index < -0.39 is 0 Å². The minimum atomic E-state index is -0.142. The van der Waals surface area contributed by atoms with Crippen molar-refractivity contribution in [3.8, 4) is 0 Å². The third kappa shape index (κ3) is 1.93. The van der Waals surface area contributed by atoms with E-state index >= 15 is 0 Å². The second kappa shape index (κ2) is 3.52. The summed E-state index contributed by atoms with van der Waals surface area (Å²) in [6.45, 7) is 2.78. The van der Waals surface area contributed by atoms with Gasteiger partial charge in [0.2, 0.25) is 0 Å². The molecule has 1 saturated carbocycles. The Balaban J connectivity index is 1.79. The van der Waals surface area contributed by atoms with E-state index in [1.54, 1.807) is 6.08 Å².